The Bertz CT molecular complexity index is 769. The molecule has 0 unspecified atom stereocenters. The minimum absolute atomic E-state index is 0.565. The van der Waals surface area contributed by atoms with Crippen molar-refractivity contribution in [3.63, 3.8) is 0 Å². The molecule has 0 saturated carbocycles. The van der Waals surface area contributed by atoms with E-state index in [1.54, 1.807) is 19.4 Å². The topological polar surface area (TPSA) is 76.0 Å². The van der Waals surface area contributed by atoms with Crippen LogP contribution in [0.25, 0.3) is 10.9 Å². The van der Waals surface area contributed by atoms with Crippen LogP contribution in [0.5, 0.6) is 5.75 Å². The second kappa shape index (κ2) is 4.94. The van der Waals surface area contributed by atoms with Crippen molar-refractivity contribution >= 4 is 39.6 Å². The monoisotopic (exact) mass is 288 g/mol. The number of benzene rings is 2. The highest BCUT2D eigenvalue weighted by molar-refractivity contribution is 6.32. The number of nitrogens with one attached hydrogen (secondary N) is 2. The summed E-state index contributed by atoms with van der Waals surface area (Å²) >= 11 is 6.00. The second-order valence-corrected chi connectivity index (χ2v) is 4.78. The number of ether oxygens (including phenoxy) is 1. The van der Waals surface area contributed by atoms with E-state index in [9.17, 15) is 0 Å². The molecule has 2 aromatic carbocycles. The number of nitrogen functional groups attached to an aromatic ring is 1. The van der Waals surface area contributed by atoms with Gasteiger partial charge in [-0.25, -0.2) is 0 Å². The first-order chi connectivity index (χ1) is 9.67. The molecule has 4 N–H and O–H groups in total. The lowest BCUT2D eigenvalue weighted by Gasteiger charge is -2.11. The highest BCUT2D eigenvalue weighted by atomic mass is 35.5. The quantitative estimate of drug-likeness (QED) is 0.644. The summed E-state index contributed by atoms with van der Waals surface area (Å²) < 4.78 is 5.19. The molecule has 20 heavy (non-hydrogen) atoms. The van der Waals surface area contributed by atoms with Crippen LogP contribution in [0.3, 0.4) is 0 Å². The van der Waals surface area contributed by atoms with Gasteiger partial charge < -0.3 is 15.8 Å². The Morgan fingerprint density at radius 2 is 2.15 bits per heavy atom. The lowest BCUT2D eigenvalue weighted by atomic mass is 10.2. The second-order valence-electron chi connectivity index (χ2n) is 4.37. The predicted octanol–water partition coefficient (Wildman–Crippen LogP) is 3.55. The van der Waals surface area contributed by atoms with Crippen molar-refractivity contribution in [1.82, 2.24) is 10.2 Å². The Hall–Kier alpha value is -2.40. The molecule has 3 aromatic rings. The number of rotatable bonds is 3. The smallest absolute Gasteiger partial charge is 0.139 e. The Kier molecular flexibility index (Phi) is 3.12. The molecule has 0 atom stereocenters. The van der Waals surface area contributed by atoms with Crippen LogP contribution in [0.4, 0.5) is 17.1 Å². The highest BCUT2D eigenvalue weighted by Gasteiger charge is 2.06. The van der Waals surface area contributed by atoms with Gasteiger partial charge in [0.05, 0.1) is 35.2 Å². The third-order valence-corrected chi connectivity index (χ3v) is 3.35. The fraction of sp³-hybridized carbons (Fsp3) is 0.0714. The molecule has 3 rings (SSSR count). The number of hydrogen-bond donors (Lipinski definition) is 3. The van der Waals surface area contributed by atoms with Gasteiger partial charge in [0, 0.05) is 17.1 Å². The summed E-state index contributed by atoms with van der Waals surface area (Å²) in [4.78, 5) is 0. The van der Waals surface area contributed by atoms with E-state index in [2.05, 4.69) is 15.5 Å². The number of H-pyrrole nitrogens is 1. The summed E-state index contributed by atoms with van der Waals surface area (Å²) in [7, 11) is 1.58. The van der Waals surface area contributed by atoms with E-state index in [0.717, 1.165) is 22.3 Å². The summed E-state index contributed by atoms with van der Waals surface area (Å²) in [5, 5.41) is 11.7. The maximum absolute atomic E-state index is 6.03. The summed E-state index contributed by atoms with van der Waals surface area (Å²) in [6, 6.07) is 9.24. The molecule has 1 aromatic heterocycles. The van der Waals surface area contributed by atoms with Gasteiger partial charge in [-0.15, -0.1) is 0 Å². The molecular weight excluding hydrogens is 276 g/mol. The zero-order valence-electron chi connectivity index (χ0n) is 10.8. The zero-order valence-corrected chi connectivity index (χ0v) is 11.5. The number of nitrogens with two attached hydrogens (primary N) is 1. The number of aromatic nitrogens is 2. The average molecular weight is 289 g/mol. The average Bonchev–Trinajstić information content (AvgIpc) is 2.88. The first kappa shape index (κ1) is 12.6. The Balaban J connectivity index is 1.97. The number of nitrogens with zero attached hydrogens (tertiary/aromatic N) is 1. The molecule has 0 fully saturated rings. The Labute approximate surface area is 120 Å². The number of halogens is 1. The van der Waals surface area contributed by atoms with E-state index in [1.165, 1.54) is 0 Å². The van der Waals surface area contributed by atoms with E-state index in [-0.39, 0.29) is 0 Å². The van der Waals surface area contributed by atoms with Gasteiger partial charge in [0.25, 0.3) is 0 Å². The molecule has 1 heterocycles. The standard InChI is InChI=1S/C14H13ClN4O/c1-20-14-5-9(2-3-10(14)15)18-13-6-12-8(4-11(13)16)7-17-19-12/h2-7,18H,16H2,1H3,(H,17,19). The van der Waals surface area contributed by atoms with Gasteiger partial charge in [-0.1, -0.05) is 11.6 Å². The number of fused-ring (bicyclic) bond motifs is 1. The van der Waals surface area contributed by atoms with Gasteiger partial charge in [0.15, 0.2) is 0 Å². The van der Waals surface area contributed by atoms with Crippen LogP contribution in [0.1, 0.15) is 0 Å². The van der Waals surface area contributed by atoms with Crippen molar-refractivity contribution < 1.29 is 4.74 Å². The summed E-state index contributed by atoms with van der Waals surface area (Å²) in [5.41, 5.74) is 9.24. The van der Waals surface area contributed by atoms with Crippen molar-refractivity contribution in [2.45, 2.75) is 0 Å². The summed E-state index contributed by atoms with van der Waals surface area (Å²) in [6.45, 7) is 0. The molecule has 102 valence electrons. The van der Waals surface area contributed by atoms with E-state index < -0.39 is 0 Å². The molecule has 0 radical (unpaired) electrons. The molecule has 5 nitrogen and oxygen atoms in total. The van der Waals surface area contributed by atoms with Crippen LogP contribution in [0, 0.1) is 0 Å². The van der Waals surface area contributed by atoms with Crippen LogP contribution < -0.4 is 15.8 Å². The van der Waals surface area contributed by atoms with Crippen LogP contribution in [-0.2, 0) is 0 Å². The normalized spacial score (nSPS) is 10.7. The molecule has 0 bridgehead atoms. The third kappa shape index (κ3) is 2.23. The number of anilines is 3. The Morgan fingerprint density at radius 1 is 1.30 bits per heavy atom. The first-order valence-corrected chi connectivity index (χ1v) is 6.38. The molecule has 0 amide bonds. The minimum Gasteiger partial charge on any atom is -0.495 e. The molecule has 0 aliphatic rings. The maximum atomic E-state index is 6.03. The molecular formula is C14H13ClN4O. The van der Waals surface area contributed by atoms with Crippen LogP contribution in [-0.4, -0.2) is 17.3 Å². The van der Waals surface area contributed by atoms with E-state index in [4.69, 9.17) is 22.1 Å². The number of hydrogen-bond acceptors (Lipinski definition) is 4. The van der Waals surface area contributed by atoms with E-state index >= 15 is 0 Å². The van der Waals surface area contributed by atoms with Gasteiger partial charge in [0.1, 0.15) is 5.75 Å². The molecule has 0 aliphatic heterocycles. The summed E-state index contributed by atoms with van der Waals surface area (Å²) in [6.07, 6.45) is 1.74. The van der Waals surface area contributed by atoms with Crippen molar-refractivity contribution in [2.75, 3.05) is 18.2 Å². The minimum atomic E-state index is 0.565. The van der Waals surface area contributed by atoms with Crippen LogP contribution >= 0.6 is 11.6 Å². The summed E-state index contributed by atoms with van der Waals surface area (Å²) in [5.74, 6) is 0.609. The van der Waals surface area contributed by atoms with E-state index in [0.29, 0.717) is 16.5 Å². The molecule has 0 spiro atoms. The van der Waals surface area contributed by atoms with Crippen molar-refractivity contribution in [3.05, 3.63) is 41.6 Å². The number of aromatic amines is 1. The highest BCUT2D eigenvalue weighted by Crippen LogP contribution is 2.32. The van der Waals surface area contributed by atoms with Crippen LogP contribution in [0.15, 0.2) is 36.5 Å². The molecule has 0 aliphatic carbocycles. The molecule has 6 heteroatoms. The van der Waals surface area contributed by atoms with Crippen LogP contribution in [0.2, 0.25) is 5.02 Å². The lowest BCUT2D eigenvalue weighted by Crippen LogP contribution is -1.97. The van der Waals surface area contributed by atoms with Gasteiger partial charge in [-0.2, -0.15) is 5.10 Å². The Morgan fingerprint density at radius 3 is 2.95 bits per heavy atom. The lowest BCUT2D eigenvalue weighted by molar-refractivity contribution is 0.415. The zero-order chi connectivity index (χ0) is 14.1. The maximum Gasteiger partial charge on any atom is 0.139 e. The fourth-order valence-corrected chi connectivity index (χ4v) is 2.21. The fourth-order valence-electron chi connectivity index (χ4n) is 2.01. The number of methoxy groups -OCH3 is 1. The third-order valence-electron chi connectivity index (χ3n) is 3.04. The van der Waals surface area contributed by atoms with Crippen molar-refractivity contribution in [3.8, 4) is 5.75 Å². The SMILES string of the molecule is COc1cc(Nc2cc3[nH]ncc3cc2N)ccc1Cl. The largest absolute Gasteiger partial charge is 0.495 e. The predicted molar refractivity (Wildman–Crippen MR) is 81.8 cm³/mol. The van der Waals surface area contributed by atoms with Crippen molar-refractivity contribution in [1.29, 1.82) is 0 Å². The van der Waals surface area contributed by atoms with Gasteiger partial charge in [-0.05, 0) is 24.3 Å². The van der Waals surface area contributed by atoms with Crippen molar-refractivity contribution in [2.24, 2.45) is 0 Å². The van der Waals surface area contributed by atoms with Gasteiger partial charge in [-0.3, -0.25) is 5.10 Å². The molecule has 0 saturated heterocycles. The first-order valence-electron chi connectivity index (χ1n) is 6.00. The van der Waals surface area contributed by atoms with Gasteiger partial charge >= 0.3 is 0 Å². The van der Waals surface area contributed by atoms with Gasteiger partial charge in [0.2, 0.25) is 0 Å². The van der Waals surface area contributed by atoms with E-state index in [1.807, 2.05) is 24.3 Å².